The van der Waals surface area contributed by atoms with Gasteiger partial charge in [-0.25, -0.2) is 14.3 Å². The molecule has 0 saturated heterocycles. The van der Waals surface area contributed by atoms with Crippen molar-refractivity contribution >= 4 is 55.6 Å². The Morgan fingerprint density at radius 3 is 2.61 bits per heavy atom. The molecule has 0 unspecified atom stereocenters. The van der Waals surface area contributed by atoms with Crippen LogP contribution in [0.25, 0.3) is 11.0 Å². The zero-order valence-corrected chi connectivity index (χ0v) is 19.9. The molecule has 2 aromatic carbocycles. The molecule has 0 saturated carbocycles. The van der Waals surface area contributed by atoms with Crippen molar-refractivity contribution in [2.24, 2.45) is 0 Å². The van der Waals surface area contributed by atoms with Gasteiger partial charge in [-0.3, -0.25) is 4.72 Å². The molecule has 31 heavy (non-hydrogen) atoms. The van der Waals surface area contributed by atoms with Gasteiger partial charge in [0.05, 0.1) is 9.26 Å². The van der Waals surface area contributed by atoms with Gasteiger partial charge in [0, 0.05) is 37.5 Å². The van der Waals surface area contributed by atoms with E-state index in [1.54, 1.807) is 30.3 Å². The van der Waals surface area contributed by atoms with E-state index < -0.39 is 21.9 Å². The number of carbonyl (C=O) groups is 1. The van der Waals surface area contributed by atoms with Crippen molar-refractivity contribution in [1.82, 2.24) is 10.0 Å². The van der Waals surface area contributed by atoms with Gasteiger partial charge < -0.3 is 14.5 Å². The third kappa shape index (κ3) is 5.35. The summed E-state index contributed by atoms with van der Waals surface area (Å²) >= 11 is 2.04. The summed E-state index contributed by atoms with van der Waals surface area (Å²) in [5, 5.41) is 3.08. The Hall–Kier alpha value is -2.64. The molecule has 3 N–H and O–H groups in total. The standard InChI is InChI=1S/C20H20IN3O6S/c1-11-14-9-16(21)18(30-20(26)22-2)10-17(14)29-19(25)15(11)8-12-5-4-6-13(7-12)24-31(27,28)23-3/h4-7,9-10,23-24H,8H2,1-3H3,(H,22,26). The summed E-state index contributed by atoms with van der Waals surface area (Å²) in [5.74, 6) is 0.285. The maximum Gasteiger partial charge on any atom is 0.412 e. The van der Waals surface area contributed by atoms with Crippen LogP contribution in [0.3, 0.4) is 0 Å². The van der Waals surface area contributed by atoms with E-state index in [1.807, 2.05) is 29.5 Å². The van der Waals surface area contributed by atoms with E-state index in [0.717, 1.165) is 16.5 Å². The Balaban J connectivity index is 1.99. The lowest BCUT2D eigenvalue weighted by atomic mass is 9.99. The normalized spacial score (nSPS) is 11.4. The quantitative estimate of drug-likeness (QED) is 0.316. The van der Waals surface area contributed by atoms with E-state index in [0.29, 0.717) is 20.4 Å². The fraction of sp³-hybridized carbons (Fsp3) is 0.200. The van der Waals surface area contributed by atoms with Gasteiger partial charge in [-0.2, -0.15) is 8.42 Å². The molecule has 3 rings (SSSR count). The van der Waals surface area contributed by atoms with Crippen molar-refractivity contribution in [3.63, 3.8) is 0 Å². The van der Waals surface area contributed by atoms with Crippen molar-refractivity contribution in [1.29, 1.82) is 0 Å². The van der Waals surface area contributed by atoms with E-state index in [1.165, 1.54) is 20.2 Å². The monoisotopic (exact) mass is 557 g/mol. The number of fused-ring (bicyclic) bond motifs is 1. The maximum atomic E-state index is 12.7. The van der Waals surface area contributed by atoms with Crippen LogP contribution in [-0.4, -0.2) is 28.6 Å². The van der Waals surface area contributed by atoms with Crippen LogP contribution in [0.1, 0.15) is 16.7 Å². The van der Waals surface area contributed by atoms with Crippen molar-refractivity contribution in [3.8, 4) is 5.75 Å². The summed E-state index contributed by atoms with van der Waals surface area (Å²) < 4.78 is 39.4. The number of ether oxygens (including phenoxy) is 1. The maximum absolute atomic E-state index is 12.7. The van der Waals surface area contributed by atoms with Crippen LogP contribution in [0.4, 0.5) is 10.5 Å². The van der Waals surface area contributed by atoms with Crippen LogP contribution in [0.2, 0.25) is 0 Å². The molecule has 0 atom stereocenters. The zero-order chi connectivity index (χ0) is 22.8. The highest BCUT2D eigenvalue weighted by molar-refractivity contribution is 14.1. The Morgan fingerprint density at radius 1 is 1.19 bits per heavy atom. The zero-order valence-electron chi connectivity index (χ0n) is 16.9. The molecule has 0 radical (unpaired) electrons. The summed E-state index contributed by atoms with van der Waals surface area (Å²) in [6.45, 7) is 1.82. The number of rotatable bonds is 6. The largest absolute Gasteiger partial charge is 0.422 e. The third-order valence-electron chi connectivity index (χ3n) is 4.58. The third-order valence-corrected chi connectivity index (χ3v) is 6.46. The number of amides is 1. The summed E-state index contributed by atoms with van der Waals surface area (Å²) in [5.41, 5.74) is 2.09. The van der Waals surface area contributed by atoms with Crippen LogP contribution in [0, 0.1) is 10.5 Å². The van der Waals surface area contributed by atoms with Gasteiger partial charge in [-0.05, 0) is 58.8 Å². The molecule has 164 valence electrons. The van der Waals surface area contributed by atoms with E-state index >= 15 is 0 Å². The van der Waals surface area contributed by atoms with Crippen LogP contribution in [0.5, 0.6) is 5.75 Å². The van der Waals surface area contributed by atoms with Crippen LogP contribution in [-0.2, 0) is 16.6 Å². The molecule has 0 fully saturated rings. The van der Waals surface area contributed by atoms with Gasteiger partial charge >= 0.3 is 11.7 Å². The van der Waals surface area contributed by atoms with E-state index in [9.17, 15) is 18.0 Å². The van der Waals surface area contributed by atoms with Crippen molar-refractivity contribution in [2.75, 3.05) is 18.8 Å². The second kappa shape index (κ2) is 9.24. The number of benzene rings is 2. The van der Waals surface area contributed by atoms with Crippen LogP contribution >= 0.6 is 22.6 Å². The van der Waals surface area contributed by atoms with E-state index in [-0.39, 0.29) is 12.2 Å². The van der Waals surface area contributed by atoms with Gasteiger partial charge in [0.15, 0.2) is 0 Å². The molecule has 9 nitrogen and oxygen atoms in total. The van der Waals surface area contributed by atoms with Gasteiger partial charge in [-0.1, -0.05) is 12.1 Å². The highest BCUT2D eigenvalue weighted by atomic mass is 127. The minimum Gasteiger partial charge on any atom is -0.422 e. The fourth-order valence-electron chi connectivity index (χ4n) is 2.98. The average molecular weight is 557 g/mol. The topological polar surface area (TPSA) is 127 Å². The minimum atomic E-state index is -3.65. The van der Waals surface area contributed by atoms with Gasteiger partial charge in [0.2, 0.25) is 0 Å². The molecule has 0 bridgehead atoms. The molecule has 0 aliphatic rings. The fourth-order valence-corrected chi connectivity index (χ4v) is 4.09. The van der Waals surface area contributed by atoms with Gasteiger partial charge in [0.1, 0.15) is 11.3 Å². The van der Waals surface area contributed by atoms with Crippen LogP contribution < -0.4 is 25.1 Å². The average Bonchev–Trinajstić information content (AvgIpc) is 2.72. The van der Waals surface area contributed by atoms with E-state index in [2.05, 4.69) is 14.8 Å². The summed E-state index contributed by atoms with van der Waals surface area (Å²) in [4.78, 5) is 24.2. The molecule has 1 aromatic heterocycles. The van der Waals surface area contributed by atoms with Crippen molar-refractivity contribution < 1.29 is 22.4 Å². The summed E-state index contributed by atoms with van der Waals surface area (Å²) in [6, 6.07) is 10.1. The smallest absolute Gasteiger partial charge is 0.412 e. The molecule has 0 aliphatic carbocycles. The number of anilines is 1. The summed E-state index contributed by atoms with van der Waals surface area (Å²) in [6.07, 6.45) is -0.367. The highest BCUT2D eigenvalue weighted by Gasteiger charge is 2.16. The molecular weight excluding hydrogens is 537 g/mol. The molecule has 3 aromatic rings. The van der Waals surface area contributed by atoms with Crippen LogP contribution in [0.15, 0.2) is 45.6 Å². The highest BCUT2D eigenvalue weighted by Crippen LogP contribution is 2.30. The Kier molecular flexibility index (Phi) is 6.86. The molecular formula is C20H20IN3O6S. The molecule has 0 aliphatic heterocycles. The Labute approximate surface area is 192 Å². The predicted molar refractivity (Wildman–Crippen MR) is 126 cm³/mol. The first-order valence-electron chi connectivity index (χ1n) is 9.09. The Morgan fingerprint density at radius 2 is 1.94 bits per heavy atom. The van der Waals surface area contributed by atoms with E-state index in [4.69, 9.17) is 9.15 Å². The Bertz CT molecular complexity index is 1320. The lowest BCUT2D eigenvalue weighted by Gasteiger charge is -2.12. The second-order valence-electron chi connectivity index (χ2n) is 6.60. The lowest BCUT2D eigenvalue weighted by molar-refractivity contribution is 0.202. The molecule has 1 amide bonds. The number of halogens is 1. The molecule has 1 heterocycles. The SMILES string of the molecule is CNC(=O)Oc1cc2oc(=O)c(Cc3cccc(NS(=O)(=O)NC)c3)c(C)c2cc1I. The first-order valence-corrected chi connectivity index (χ1v) is 11.7. The molecule has 0 spiro atoms. The first kappa shape index (κ1) is 23.0. The summed E-state index contributed by atoms with van der Waals surface area (Å²) in [7, 11) is -0.890. The molecule has 11 heteroatoms. The minimum absolute atomic E-state index is 0.256. The predicted octanol–water partition coefficient (Wildman–Crippen LogP) is 2.89. The number of hydrogen-bond donors (Lipinski definition) is 3. The first-order chi connectivity index (χ1) is 14.6. The number of aryl methyl sites for hydroxylation is 1. The number of hydrogen-bond acceptors (Lipinski definition) is 6. The number of nitrogens with one attached hydrogen (secondary N) is 3. The van der Waals surface area contributed by atoms with Crippen molar-refractivity contribution in [3.05, 3.63) is 67.1 Å². The van der Waals surface area contributed by atoms with Crippen molar-refractivity contribution in [2.45, 2.75) is 13.3 Å². The number of carbonyl (C=O) groups excluding carboxylic acids is 1. The van der Waals surface area contributed by atoms with Gasteiger partial charge in [-0.15, -0.1) is 0 Å². The lowest BCUT2D eigenvalue weighted by Crippen LogP contribution is -2.26. The second-order valence-corrected chi connectivity index (χ2v) is 9.38. The van der Waals surface area contributed by atoms with Gasteiger partial charge in [0.25, 0.3) is 10.2 Å².